The van der Waals surface area contributed by atoms with Crippen molar-refractivity contribution in [3.05, 3.63) is 154 Å². The van der Waals surface area contributed by atoms with Crippen molar-refractivity contribution in [3.8, 4) is 0 Å². The average molecular weight is 775 g/mol. The maximum atomic E-state index is 13.3. The van der Waals surface area contributed by atoms with E-state index in [0.717, 1.165) is 44.8 Å². The third-order valence-electron chi connectivity index (χ3n) is 8.87. The fourth-order valence-electron chi connectivity index (χ4n) is 6.21. The summed E-state index contributed by atoms with van der Waals surface area (Å²) in [5.74, 6) is -3.34. The van der Waals surface area contributed by atoms with Gasteiger partial charge in [0.15, 0.2) is 5.69 Å². The van der Waals surface area contributed by atoms with Crippen LogP contribution in [0, 0.1) is 5.82 Å². The molecule has 4 N–H and O–H groups in total. The van der Waals surface area contributed by atoms with Crippen molar-refractivity contribution in [1.29, 1.82) is 0 Å². The number of aliphatic carboxylic acids is 1. The largest absolute Gasteiger partial charge is 0.481 e. The van der Waals surface area contributed by atoms with Crippen LogP contribution >= 0.6 is 0 Å². The van der Waals surface area contributed by atoms with Gasteiger partial charge in [-0.1, -0.05) is 95.3 Å². The summed E-state index contributed by atoms with van der Waals surface area (Å²) in [5.41, 5.74) is 12.3. The molecule has 0 saturated carbocycles. The van der Waals surface area contributed by atoms with Gasteiger partial charge in [0.1, 0.15) is 5.82 Å². The third-order valence-corrected chi connectivity index (χ3v) is 8.87. The van der Waals surface area contributed by atoms with Gasteiger partial charge in [0, 0.05) is 10.5 Å². The van der Waals surface area contributed by atoms with Crippen molar-refractivity contribution >= 4 is 45.3 Å². The van der Waals surface area contributed by atoms with Crippen LogP contribution in [0.5, 0.6) is 0 Å². The summed E-state index contributed by atoms with van der Waals surface area (Å²) in [6, 6.07) is 31.3. The Hall–Kier alpha value is -7.16. The van der Waals surface area contributed by atoms with E-state index >= 15 is 0 Å². The monoisotopic (exact) mass is 774 g/mol. The number of carboxylic acid groups (broad SMARTS) is 1. The molecule has 2 atom stereocenters. The molecule has 0 aliphatic carbocycles. The zero-order valence-electron chi connectivity index (χ0n) is 30.8. The maximum Gasteiger partial charge on any atom is 0.360 e. The first-order valence-electron chi connectivity index (χ1n) is 17.9. The van der Waals surface area contributed by atoms with Crippen LogP contribution in [0.3, 0.4) is 0 Å². The highest BCUT2D eigenvalue weighted by molar-refractivity contribution is 5.94. The molecule has 1 heterocycles. The number of carbonyl (C=O) groups excluding carboxylic acids is 3. The summed E-state index contributed by atoms with van der Waals surface area (Å²) in [4.78, 5) is 50.9. The van der Waals surface area contributed by atoms with Crippen LogP contribution in [0.25, 0.3) is 32.0 Å². The molecular formula is C41H39FN8O7. The van der Waals surface area contributed by atoms with Gasteiger partial charge >= 0.3 is 11.9 Å². The number of hydrogen-bond acceptors (Lipinski definition) is 9. The molecule has 57 heavy (non-hydrogen) atoms. The highest BCUT2D eigenvalue weighted by Crippen LogP contribution is 2.25. The van der Waals surface area contributed by atoms with Crippen molar-refractivity contribution in [2.75, 3.05) is 6.61 Å². The molecule has 0 bridgehead atoms. The molecule has 15 nitrogen and oxygen atoms in total. The lowest BCUT2D eigenvalue weighted by atomic mass is 9.99. The van der Waals surface area contributed by atoms with Crippen LogP contribution in [0.15, 0.2) is 114 Å². The van der Waals surface area contributed by atoms with E-state index in [-0.39, 0.29) is 42.9 Å². The summed E-state index contributed by atoms with van der Waals surface area (Å²) in [6.07, 6.45) is 0.398. The van der Waals surface area contributed by atoms with E-state index in [4.69, 9.17) is 15.4 Å². The number of rotatable bonds is 15. The number of esters is 1. The average Bonchev–Trinajstić information content (AvgIpc) is 3.64. The highest BCUT2D eigenvalue weighted by atomic mass is 19.1. The number of carboxylic acids is 1. The Balaban J connectivity index is 0.000000273. The number of ether oxygens (including phenoxy) is 1. The number of amides is 2. The lowest BCUT2D eigenvalue weighted by Crippen LogP contribution is -2.29. The molecule has 6 rings (SSSR count). The quantitative estimate of drug-likeness (QED) is 0.0213. The number of hydrogen-bond donors (Lipinski definition) is 4. The molecule has 0 spiro atoms. The Morgan fingerprint density at radius 2 is 1.46 bits per heavy atom. The van der Waals surface area contributed by atoms with E-state index < -0.39 is 41.7 Å². The van der Waals surface area contributed by atoms with Gasteiger partial charge in [0.25, 0.3) is 5.91 Å². The van der Waals surface area contributed by atoms with Gasteiger partial charge in [0.05, 0.1) is 43.8 Å². The zero-order chi connectivity index (χ0) is 40.7. The van der Waals surface area contributed by atoms with Gasteiger partial charge in [-0.05, 0) is 82.2 Å². The Kier molecular flexibility index (Phi) is 14.4. The topological polar surface area (TPSA) is 221 Å². The molecule has 0 radical (unpaired) electrons. The smallest absolute Gasteiger partial charge is 0.360 e. The number of azide groups is 1. The molecule has 6 aromatic rings. The van der Waals surface area contributed by atoms with Crippen molar-refractivity contribution in [2.24, 2.45) is 5.11 Å². The molecule has 16 heteroatoms. The first kappa shape index (κ1) is 41.0. The number of nitrogens with zero attached hydrogens (tertiary/aromatic N) is 6. The Morgan fingerprint density at radius 1 is 0.860 bits per heavy atom. The summed E-state index contributed by atoms with van der Waals surface area (Å²) in [7, 11) is 0. The van der Waals surface area contributed by atoms with Gasteiger partial charge in [-0.25, -0.2) is 19.3 Å². The molecule has 2 amide bonds. The minimum absolute atomic E-state index is 0.0977. The number of hydroxylamine groups is 1. The van der Waals surface area contributed by atoms with Gasteiger partial charge < -0.3 is 15.2 Å². The second-order valence-electron chi connectivity index (χ2n) is 12.9. The summed E-state index contributed by atoms with van der Waals surface area (Å²) in [6.45, 7) is 1.57. The fraction of sp³-hybridized carbons (Fsp3) is 0.220. The van der Waals surface area contributed by atoms with Gasteiger partial charge in [-0.3, -0.25) is 19.6 Å². The van der Waals surface area contributed by atoms with Crippen molar-refractivity contribution in [3.63, 3.8) is 0 Å². The second-order valence-corrected chi connectivity index (χ2v) is 12.9. The normalized spacial score (nSPS) is 11.7. The number of carbonyl (C=O) groups is 4. The first-order chi connectivity index (χ1) is 27.6. The van der Waals surface area contributed by atoms with Gasteiger partial charge in [-0.15, -0.1) is 5.10 Å². The van der Waals surface area contributed by atoms with Crippen LogP contribution in [0.1, 0.15) is 63.5 Å². The first-order valence-corrected chi connectivity index (χ1v) is 17.9. The third kappa shape index (κ3) is 11.4. The van der Waals surface area contributed by atoms with Crippen molar-refractivity contribution in [2.45, 2.75) is 51.2 Å². The van der Waals surface area contributed by atoms with E-state index in [1.165, 1.54) is 16.8 Å². The van der Waals surface area contributed by atoms with Gasteiger partial charge in [-0.2, -0.15) is 0 Å². The molecule has 5 aromatic carbocycles. The van der Waals surface area contributed by atoms with Crippen LogP contribution in [-0.4, -0.2) is 61.7 Å². The Labute approximate surface area is 325 Å². The summed E-state index contributed by atoms with van der Waals surface area (Å²) < 4.78 is 19.8. The molecule has 0 unspecified atom stereocenters. The molecular weight excluding hydrogens is 735 g/mol. The maximum absolute atomic E-state index is 13.3. The molecule has 292 valence electrons. The second kappa shape index (κ2) is 20.0. The Bertz CT molecular complexity index is 2410. The number of halogens is 1. The lowest BCUT2D eigenvalue weighted by Gasteiger charge is -2.19. The highest BCUT2D eigenvalue weighted by Gasteiger charge is 2.27. The van der Waals surface area contributed by atoms with E-state index in [1.54, 1.807) is 12.4 Å². The number of aromatic nitrogens is 3. The number of fused-ring (bicyclic) bond motifs is 2. The minimum Gasteiger partial charge on any atom is -0.481 e. The number of benzene rings is 5. The van der Waals surface area contributed by atoms with Crippen molar-refractivity contribution < 1.29 is 38.6 Å². The number of nitrogens with one attached hydrogen (secondary N) is 2. The molecule has 0 saturated heterocycles. The predicted octanol–water partition coefficient (Wildman–Crippen LogP) is 6.89. The zero-order valence-corrected chi connectivity index (χ0v) is 30.8. The van der Waals surface area contributed by atoms with Crippen LogP contribution < -0.4 is 10.8 Å². The fourth-order valence-corrected chi connectivity index (χ4v) is 6.21. The van der Waals surface area contributed by atoms with Crippen LogP contribution in [0.4, 0.5) is 4.39 Å². The van der Waals surface area contributed by atoms with E-state index in [2.05, 4.69) is 25.7 Å². The SMILES string of the molecule is CCOC(=O)c1nnn([C@@H](CC(=O)NO)Cc2ccc3ccccc3c2)c1CNC(=O)c1ccc(F)cc1.[N-]=[N+]=N[C@@H](CC(=O)O)Cc1ccc2ccccc2c1. The lowest BCUT2D eigenvalue weighted by molar-refractivity contribution is -0.137. The molecule has 1 aromatic heterocycles. The Morgan fingerprint density at radius 3 is 2.02 bits per heavy atom. The van der Waals surface area contributed by atoms with E-state index in [1.807, 2.05) is 84.9 Å². The predicted molar refractivity (Wildman–Crippen MR) is 208 cm³/mol. The van der Waals surface area contributed by atoms with Crippen molar-refractivity contribution in [1.82, 2.24) is 25.8 Å². The van der Waals surface area contributed by atoms with Crippen LogP contribution in [-0.2, 0) is 33.7 Å². The molecule has 0 aliphatic heterocycles. The van der Waals surface area contributed by atoms with E-state index in [0.29, 0.717) is 12.8 Å². The standard InChI is InChI=1S/C27H26FN5O5.C14H13N3O2/c1-2-38-27(36)25-23(16-29-26(35)19-9-11-21(28)12-10-19)33(32-30-25)22(15-24(34)31-37)14-17-7-8-18-5-3-4-6-20(18)13-17;15-17-16-13(9-14(18)19)8-10-5-6-11-3-1-2-4-12(11)7-10/h3-13,22,37H,2,14-16H2,1H3,(H,29,35)(H,31,34);1-7,13H,8-9H2,(H,18,19)/t22-;13-/m11/s1. The molecule has 0 fully saturated rings. The van der Waals surface area contributed by atoms with Crippen LogP contribution in [0.2, 0.25) is 0 Å². The van der Waals surface area contributed by atoms with E-state index in [9.17, 15) is 28.8 Å². The van der Waals surface area contributed by atoms with Gasteiger partial charge in [0.2, 0.25) is 5.91 Å². The molecule has 0 aliphatic rings. The summed E-state index contributed by atoms with van der Waals surface area (Å²) >= 11 is 0. The minimum atomic E-state index is -0.960. The summed E-state index contributed by atoms with van der Waals surface area (Å²) in [5, 5.41) is 36.6.